The molecule has 104 valence electrons. The Morgan fingerprint density at radius 1 is 1.15 bits per heavy atom. The maximum atomic E-state index is 13.9. The number of fused-ring (bicyclic) bond motifs is 2. The third kappa shape index (κ3) is 1.78. The van der Waals surface area contributed by atoms with E-state index in [1.54, 1.807) is 0 Å². The zero-order chi connectivity index (χ0) is 13.5. The van der Waals surface area contributed by atoms with Crippen LogP contribution in [0.4, 0.5) is 10.2 Å². The molecule has 0 aliphatic carbocycles. The van der Waals surface area contributed by atoms with Gasteiger partial charge in [-0.25, -0.2) is 14.4 Å². The number of piperidine rings is 1. The SMILES string of the molecule is Fc1cncnc1N1C2CCC1CC(n1cccn1)C2. The van der Waals surface area contributed by atoms with Crippen LogP contribution in [0, 0.1) is 5.82 Å². The minimum absolute atomic E-state index is 0.318. The van der Waals surface area contributed by atoms with Crippen LogP contribution in [0.2, 0.25) is 0 Å². The molecule has 0 N–H and O–H groups in total. The molecule has 2 aromatic heterocycles. The molecule has 0 saturated carbocycles. The molecule has 2 aliphatic heterocycles. The number of rotatable bonds is 2. The summed E-state index contributed by atoms with van der Waals surface area (Å²) in [6.45, 7) is 0. The minimum Gasteiger partial charge on any atom is -0.348 e. The van der Waals surface area contributed by atoms with E-state index >= 15 is 0 Å². The summed E-state index contributed by atoms with van der Waals surface area (Å²) in [6, 6.07) is 3.08. The zero-order valence-corrected chi connectivity index (χ0v) is 11.1. The van der Waals surface area contributed by atoms with Crippen molar-refractivity contribution in [3.05, 3.63) is 36.8 Å². The van der Waals surface area contributed by atoms with Crippen LogP contribution < -0.4 is 4.90 Å². The van der Waals surface area contributed by atoms with Crippen molar-refractivity contribution in [3.8, 4) is 0 Å². The number of aromatic nitrogens is 4. The van der Waals surface area contributed by atoms with Crippen molar-refractivity contribution in [2.24, 2.45) is 0 Å². The Balaban J connectivity index is 1.62. The second-order valence-corrected chi connectivity index (χ2v) is 5.60. The normalized spacial score (nSPS) is 28.9. The lowest BCUT2D eigenvalue weighted by atomic mass is 9.97. The Kier molecular flexibility index (Phi) is 2.68. The fourth-order valence-corrected chi connectivity index (χ4v) is 3.70. The monoisotopic (exact) mass is 273 g/mol. The maximum Gasteiger partial charge on any atom is 0.183 e. The first-order chi connectivity index (χ1) is 9.83. The van der Waals surface area contributed by atoms with Gasteiger partial charge in [-0.2, -0.15) is 5.10 Å². The standard InChI is InChI=1S/C14H16FN5/c15-13-8-16-9-17-14(13)20-10-2-3-11(20)7-12(6-10)19-5-1-4-18-19/h1,4-5,8-12H,2-3,6-7H2. The summed E-state index contributed by atoms with van der Waals surface area (Å²) in [5, 5.41) is 4.35. The van der Waals surface area contributed by atoms with E-state index in [-0.39, 0.29) is 5.82 Å². The van der Waals surface area contributed by atoms with Crippen LogP contribution in [0.1, 0.15) is 31.7 Å². The van der Waals surface area contributed by atoms with E-state index in [1.807, 2.05) is 23.1 Å². The predicted molar refractivity (Wildman–Crippen MR) is 71.8 cm³/mol. The number of hydrogen-bond donors (Lipinski definition) is 0. The van der Waals surface area contributed by atoms with Gasteiger partial charge in [0.1, 0.15) is 6.33 Å². The van der Waals surface area contributed by atoms with E-state index in [0.717, 1.165) is 25.7 Å². The summed E-state index contributed by atoms with van der Waals surface area (Å²) in [5.74, 6) is 0.147. The molecule has 2 aliphatic rings. The third-order valence-corrected chi connectivity index (χ3v) is 4.50. The van der Waals surface area contributed by atoms with Gasteiger partial charge in [0.25, 0.3) is 0 Å². The fraction of sp³-hybridized carbons (Fsp3) is 0.500. The van der Waals surface area contributed by atoms with Gasteiger partial charge in [-0.15, -0.1) is 0 Å². The van der Waals surface area contributed by atoms with E-state index < -0.39 is 0 Å². The Bertz CT molecular complexity index is 585. The summed E-state index contributed by atoms with van der Waals surface area (Å²) >= 11 is 0. The summed E-state index contributed by atoms with van der Waals surface area (Å²) in [6.07, 6.45) is 10.7. The summed E-state index contributed by atoms with van der Waals surface area (Å²) < 4.78 is 16.0. The highest BCUT2D eigenvalue weighted by Crippen LogP contribution is 2.42. The van der Waals surface area contributed by atoms with Crippen LogP contribution in [0.5, 0.6) is 0 Å². The number of nitrogens with zero attached hydrogens (tertiary/aromatic N) is 5. The number of hydrogen-bond acceptors (Lipinski definition) is 4. The molecule has 2 aromatic rings. The molecule has 6 heteroatoms. The number of halogens is 1. The quantitative estimate of drug-likeness (QED) is 0.841. The van der Waals surface area contributed by atoms with Crippen molar-refractivity contribution < 1.29 is 4.39 Å². The number of anilines is 1. The van der Waals surface area contributed by atoms with Crippen LogP contribution >= 0.6 is 0 Å². The van der Waals surface area contributed by atoms with Crippen molar-refractivity contribution in [1.29, 1.82) is 0 Å². The van der Waals surface area contributed by atoms with Crippen LogP contribution in [0.15, 0.2) is 31.0 Å². The highest BCUT2D eigenvalue weighted by Gasteiger charge is 2.42. The smallest absolute Gasteiger partial charge is 0.183 e. The van der Waals surface area contributed by atoms with Crippen LogP contribution in [-0.4, -0.2) is 31.8 Å². The van der Waals surface area contributed by atoms with E-state index in [4.69, 9.17) is 0 Å². The second kappa shape index (κ2) is 4.54. The molecule has 4 rings (SSSR count). The van der Waals surface area contributed by atoms with Gasteiger partial charge in [0.05, 0.1) is 12.2 Å². The Morgan fingerprint density at radius 2 is 1.95 bits per heavy atom. The Hall–Kier alpha value is -1.98. The molecule has 5 nitrogen and oxygen atoms in total. The van der Waals surface area contributed by atoms with Crippen molar-refractivity contribution in [1.82, 2.24) is 19.7 Å². The van der Waals surface area contributed by atoms with E-state index in [1.165, 1.54) is 12.5 Å². The first-order valence-corrected chi connectivity index (χ1v) is 7.06. The van der Waals surface area contributed by atoms with Gasteiger partial charge in [0.15, 0.2) is 11.6 Å². The average molecular weight is 273 g/mol. The molecule has 2 unspecified atom stereocenters. The van der Waals surface area contributed by atoms with Crippen molar-refractivity contribution in [2.75, 3.05) is 4.90 Å². The lowest BCUT2D eigenvalue weighted by molar-refractivity contribution is 0.311. The van der Waals surface area contributed by atoms with Crippen molar-refractivity contribution >= 4 is 5.82 Å². The van der Waals surface area contributed by atoms with Gasteiger partial charge >= 0.3 is 0 Å². The van der Waals surface area contributed by atoms with E-state index in [2.05, 4.69) is 20.0 Å². The topological polar surface area (TPSA) is 46.8 Å². The summed E-state index contributed by atoms with van der Waals surface area (Å²) in [4.78, 5) is 10.1. The maximum absolute atomic E-state index is 13.9. The summed E-state index contributed by atoms with van der Waals surface area (Å²) in [5.41, 5.74) is 0. The molecule has 0 aromatic carbocycles. The first-order valence-electron chi connectivity index (χ1n) is 7.06. The molecule has 20 heavy (non-hydrogen) atoms. The molecule has 2 fully saturated rings. The van der Waals surface area contributed by atoms with Gasteiger partial charge < -0.3 is 4.90 Å². The van der Waals surface area contributed by atoms with Crippen molar-refractivity contribution in [3.63, 3.8) is 0 Å². The minimum atomic E-state index is -0.318. The highest BCUT2D eigenvalue weighted by atomic mass is 19.1. The zero-order valence-electron chi connectivity index (χ0n) is 11.1. The Morgan fingerprint density at radius 3 is 2.60 bits per heavy atom. The average Bonchev–Trinajstić information content (AvgIpc) is 3.07. The van der Waals surface area contributed by atoms with E-state index in [9.17, 15) is 4.39 Å². The van der Waals surface area contributed by atoms with Crippen LogP contribution in [0.25, 0.3) is 0 Å². The van der Waals surface area contributed by atoms with Gasteiger partial charge in [0, 0.05) is 24.5 Å². The second-order valence-electron chi connectivity index (χ2n) is 5.60. The van der Waals surface area contributed by atoms with E-state index in [0.29, 0.717) is 23.9 Å². The summed E-state index contributed by atoms with van der Waals surface area (Å²) in [7, 11) is 0. The van der Waals surface area contributed by atoms with Gasteiger partial charge in [-0.05, 0) is 31.7 Å². The van der Waals surface area contributed by atoms with Crippen LogP contribution in [0.3, 0.4) is 0 Å². The lowest BCUT2D eigenvalue weighted by Gasteiger charge is -2.39. The highest BCUT2D eigenvalue weighted by molar-refractivity contribution is 5.44. The first kappa shape index (κ1) is 11.8. The predicted octanol–water partition coefficient (Wildman–Crippen LogP) is 2.18. The fourth-order valence-electron chi connectivity index (χ4n) is 3.70. The van der Waals surface area contributed by atoms with Crippen molar-refractivity contribution in [2.45, 2.75) is 43.8 Å². The largest absolute Gasteiger partial charge is 0.348 e. The Labute approximate surface area is 116 Å². The lowest BCUT2D eigenvalue weighted by Crippen LogP contribution is -2.44. The van der Waals surface area contributed by atoms with Gasteiger partial charge in [-0.1, -0.05) is 0 Å². The molecule has 0 amide bonds. The molecular weight excluding hydrogens is 257 g/mol. The molecule has 0 radical (unpaired) electrons. The molecule has 2 atom stereocenters. The third-order valence-electron chi connectivity index (χ3n) is 4.50. The molecule has 0 spiro atoms. The molecule has 4 heterocycles. The molecule has 2 bridgehead atoms. The molecule has 2 saturated heterocycles. The molecular formula is C14H16FN5. The van der Waals surface area contributed by atoms with Gasteiger partial charge in [-0.3, -0.25) is 4.68 Å². The van der Waals surface area contributed by atoms with Crippen LogP contribution in [-0.2, 0) is 0 Å². The van der Waals surface area contributed by atoms with Gasteiger partial charge in [0.2, 0.25) is 0 Å².